The number of nitriles is 2. The molecule has 9 rings (SSSR count). The molecule has 6 aromatic rings. The number of hydrogen-bond acceptors (Lipinski definition) is 2. The molecule has 3 aliphatic heterocycles. The summed E-state index contributed by atoms with van der Waals surface area (Å²) in [5, 5.41) is 17.9. The average Bonchev–Trinajstić information content (AvgIpc) is 3.93. The number of benzene rings is 6. The quantitative estimate of drug-likeness (QED) is 0.101. The van der Waals surface area contributed by atoms with Crippen molar-refractivity contribution in [1.29, 1.82) is 10.5 Å². The summed E-state index contributed by atoms with van der Waals surface area (Å²) in [7, 11) is 5.00. The predicted octanol–water partition coefficient (Wildman–Crippen LogP) is 11.7. The number of para-hydroxylation sites is 3. The summed E-state index contributed by atoms with van der Waals surface area (Å²) >= 11 is 0. The summed E-state index contributed by atoms with van der Waals surface area (Å²) in [6.45, 7) is 6.97. The molecule has 0 aromatic heterocycles. The fourth-order valence-electron chi connectivity index (χ4n) is 6.93. The van der Waals surface area contributed by atoms with Gasteiger partial charge in [-0.25, -0.2) is 4.85 Å². The second-order valence-corrected chi connectivity index (χ2v) is 14.2. The van der Waals surface area contributed by atoms with E-state index in [1.165, 1.54) is 31.9 Å². The monoisotopic (exact) mass is 1090 g/mol. The molecule has 67 heavy (non-hydrogen) atoms. The van der Waals surface area contributed by atoms with Crippen LogP contribution in [0.25, 0.3) is 4.85 Å². The second-order valence-electron chi connectivity index (χ2n) is 14.2. The van der Waals surface area contributed by atoms with Crippen LogP contribution in [-0.4, -0.2) is 52.9 Å². The summed E-state index contributed by atoms with van der Waals surface area (Å²) in [4.78, 5) is 3.00. The molecule has 9 nitrogen and oxygen atoms in total. The van der Waals surface area contributed by atoms with Gasteiger partial charge in [0.25, 0.3) is 34.1 Å². The first-order chi connectivity index (χ1) is 31.2. The van der Waals surface area contributed by atoms with Crippen LogP contribution in [0.5, 0.6) is 0 Å². The molecule has 0 bridgehead atoms. The van der Waals surface area contributed by atoms with Crippen molar-refractivity contribution < 1.29 is 73.3 Å². The van der Waals surface area contributed by atoms with Crippen LogP contribution in [-0.2, 0) is 38.6 Å². The van der Waals surface area contributed by atoms with E-state index in [0.717, 1.165) is 18.2 Å². The van der Waals surface area contributed by atoms with Gasteiger partial charge < -0.3 is 0 Å². The van der Waals surface area contributed by atoms with Crippen molar-refractivity contribution in [3.63, 3.8) is 0 Å². The predicted molar refractivity (Wildman–Crippen MR) is 223 cm³/mol. The van der Waals surface area contributed by atoms with Gasteiger partial charge >= 0.3 is 56.7 Å². The number of nitrogens with zero attached hydrogens (tertiary/aromatic N) is 9. The van der Waals surface area contributed by atoms with Crippen molar-refractivity contribution in [3.05, 3.63) is 167 Å². The molecule has 0 N–H and O–H groups in total. The van der Waals surface area contributed by atoms with Crippen LogP contribution in [0.15, 0.2) is 109 Å². The SMILES string of the molecule is C[N+]1=C=[N+](c2[c-]cccc2)c2cc(C(F)(F)F)c(C#N)cc21.C[N+]1=C=[N+](c2[c-]cccc2)c2cc(C(F)(F)F)c(C#N)cc21.[C-]#[N+]c1cc2c(cc1C(F)(F)F)[N+](c1[c-]cccc1)=C=[N+]2C.[Ir+3]. The van der Waals surface area contributed by atoms with Gasteiger partial charge in [-0.3, -0.25) is 0 Å². The Hall–Kier alpha value is -8.05. The van der Waals surface area contributed by atoms with Gasteiger partial charge in [0.05, 0.1) is 34.4 Å². The zero-order valence-electron chi connectivity index (χ0n) is 34.7. The molecule has 0 atom stereocenters. The van der Waals surface area contributed by atoms with Crippen molar-refractivity contribution in [3.8, 4) is 12.1 Å². The van der Waals surface area contributed by atoms with Gasteiger partial charge in [-0.15, -0.1) is 18.2 Å². The topological polar surface area (TPSA) is 70.0 Å². The van der Waals surface area contributed by atoms with Crippen molar-refractivity contribution in [2.45, 2.75) is 18.5 Å². The fraction of sp³-hybridized carbons (Fsp3) is 0.125. The molecule has 3 aliphatic rings. The van der Waals surface area contributed by atoms with Crippen molar-refractivity contribution >= 4 is 74.9 Å². The molecule has 0 radical (unpaired) electrons. The minimum atomic E-state index is -4.59. The third kappa shape index (κ3) is 9.81. The number of fused-ring (bicyclic) bond motifs is 3. The molecule has 0 saturated heterocycles. The van der Waals surface area contributed by atoms with Gasteiger partial charge in [-0.1, -0.05) is 45.7 Å². The third-order valence-corrected chi connectivity index (χ3v) is 9.96. The van der Waals surface area contributed by atoms with Crippen LogP contribution in [0.1, 0.15) is 27.8 Å². The van der Waals surface area contributed by atoms with E-state index >= 15 is 0 Å². The maximum atomic E-state index is 13.1. The van der Waals surface area contributed by atoms with E-state index < -0.39 is 52.0 Å². The number of halogens is 9. The van der Waals surface area contributed by atoms with Crippen LogP contribution in [0.2, 0.25) is 0 Å². The molecule has 330 valence electrons. The molecule has 19 heteroatoms. The van der Waals surface area contributed by atoms with Gasteiger partial charge in [-0.05, 0) is 0 Å². The Morgan fingerprint density at radius 1 is 0.493 bits per heavy atom. The van der Waals surface area contributed by atoms with Crippen LogP contribution in [0.4, 0.5) is 96.4 Å². The number of alkyl halides is 9. The summed E-state index contributed by atoms with van der Waals surface area (Å²) in [6, 6.07) is 48.3. The van der Waals surface area contributed by atoms with E-state index in [1.807, 2.05) is 0 Å². The number of hydrogen-bond donors (Lipinski definition) is 0. The molecular formula is C48H27F9IrN9+6. The van der Waals surface area contributed by atoms with Gasteiger partial charge in [0.2, 0.25) is 5.69 Å². The Morgan fingerprint density at radius 2 is 0.806 bits per heavy atom. The standard InChI is InChI=1S/3C16H9F3N3.Ir/c1-20-13-9-14-15(8-12(13)16(17,18)19)22(10-21(14)2)11-6-4-3-5-7-11;2*1-21-10-22(12-5-3-2-4-6-12)15-8-13(16(17,18)19)11(9-20)7-14(15)21;/h3-6,8-9H,2H3;2*2-5,7-8H,1H3;/q3*+1;+3. The van der Waals surface area contributed by atoms with Crippen molar-refractivity contribution in [1.82, 2.24) is 13.7 Å². The van der Waals surface area contributed by atoms with Crippen molar-refractivity contribution in [2.75, 3.05) is 21.1 Å². The molecule has 6 aromatic carbocycles. The van der Waals surface area contributed by atoms with E-state index in [1.54, 1.807) is 120 Å². The first-order valence-electron chi connectivity index (χ1n) is 19.0. The smallest absolute Gasteiger partial charge is 0.237 e. The molecular weight excluding hydrogens is 1070 g/mol. The van der Waals surface area contributed by atoms with E-state index in [9.17, 15) is 39.5 Å². The molecule has 0 spiro atoms. The summed E-state index contributed by atoms with van der Waals surface area (Å²) in [5.41, 5.74) is 0.0833. The van der Waals surface area contributed by atoms with Crippen LogP contribution >= 0.6 is 0 Å². The summed E-state index contributed by atoms with van der Waals surface area (Å²) < 4.78 is 127. The third-order valence-electron chi connectivity index (χ3n) is 9.96. The van der Waals surface area contributed by atoms with Crippen LogP contribution in [0.3, 0.4) is 0 Å². The maximum Gasteiger partial charge on any atom is 3.00 e. The summed E-state index contributed by atoms with van der Waals surface area (Å²) in [6.07, 6.45) is -13.8. The Balaban J connectivity index is 0.000000165. The van der Waals surface area contributed by atoms with Gasteiger partial charge in [0.15, 0.2) is 21.1 Å². The zero-order valence-corrected chi connectivity index (χ0v) is 37.0. The zero-order chi connectivity index (χ0) is 47.7. The van der Waals surface area contributed by atoms with Gasteiger partial charge in [0.1, 0.15) is 29.2 Å². The van der Waals surface area contributed by atoms with Gasteiger partial charge in [-0.2, -0.15) is 105 Å². The molecule has 0 unspecified atom stereocenters. The molecule has 0 fully saturated rings. The largest absolute Gasteiger partial charge is 3.00 e. The Labute approximate surface area is 389 Å². The van der Waals surface area contributed by atoms with E-state index in [0.29, 0.717) is 51.2 Å². The minimum Gasteiger partial charge on any atom is -0.237 e. The first-order valence-corrected chi connectivity index (χ1v) is 19.0. The normalized spacial score (nSPS) is 13.0. The van der Waals surface area contributed by atoms with Crippen LogP contribution in [0, 0.1) is 47.4 Å². The number of rotatable bonds is 3. The molecule has 0 amide bonds. The Bertz CT molecular complexity index is 2970. The van der Waals surface area contributed by atoms with Crippen molar-refractivity contribution in [2.24, 2.45) is 0 Å². The first kappa shape index (κ1) is 48.4. The van der Waals surface area contributed by atoms with E-state index in [2.05, 4.69) is 41.1 Å². The van der Waals surface area contributed by atoms with E-state index in [-0.39, 0.29) is 20.1 Å². The summed E-state index contributed by atoms with van der Waals surface area (Å²) in [5.74, 6) is 0. The molecule has 0 aliphatic carbocycles. The minimum absolute atomic E-state index is 0. The maximum absolute atomic E-state index is 13.1. The van der Waals surface area contributed by atoms with Gasteiger partial charge in [0, 0.05) is 36.4 Å². The Kier molecular flexibility index (Phi) is 13.6. The molecule has 3 heterocycles. The van der Waals surface area contributed by atoms with E-state index in [4.69, 9.17) is 17.1 Å². The fourth-order valence-corrected chi connectivity index (χ4v) is 6.93. The molecule has 0 saturated carbocycles. The Morgan fingerprint density at radius 3 is 1.07 bits per heavy atom. The average molecular weight is 1090 g/mol. The second kappa shape index (κ2) is 18.8. The van der Waals surface area contributed by atoms with Crippen LogP contribution < -0.4 is 13.7 Å².